The van der Waals surface area contributed by atoms with Crippen molar-refractivity contribution >= 4 is 0 Å². The van der Waals surface area contributed by atoms with E-state index < -0.39 is 6.10 Å². The molecule has 0 saturated heterocycles. The Morgan fingerprint density at radius 3 is 2.48 bits per heavy atom. The van der Waals surface area contributed by atoms with Gasteiger partial charge in [0.1, 0.15) is 5.82 Å². The molecule has 2 aromatic rings. The molecule has 1 atom stereocenters. The normalized spacial score (nSPS) is 12.4. The summed E-state index contributed by atoms with van der Waals surface area (Å²) in [4.78, 5) is 2.22. The Balaban J connectivity index is 2.12. The molecule has 2 aromatic carbocycles. The first-order valence-corrected chi connectivity index (χ1v) is 8.80. The Hall–Kier alpha value is -1.97. The van der Waals surface area contributed by atoms with E-state index in [2.05, 4.69) is 43.5 Å². The first-order chi connectivity index (χ1) is 12.0. The highest BCUT2D eigenvalue weighted by Gasteiger charge is 2.14. The van der Waals surface area contributed by atoms with Crippen LogP contribution in [0.4, 0.5) is 4.39 Å². The van der Waals surface area contributed by atoms with Gasteiger partial charge in [0.25, 0.3) is 0 Å². The zero-order chi connectivity index (χ0) is 18.2. The molecule has 0 aliphatic rings. The van der Waals surface area contributed by atoms with E-state index in [1.54, 1.807) is 12.1 Å². The molecular weight excluding hydrogens is 313 g/mol. The van der Waals surface area contributed by atoms with E-state index in [1.165, 1.54) is 28.8 Å². The summed E-state index contributed by atoms with van der Waals surface area (Å²) < 4.78 is 13.1. The fourth-order valence-electron chi connectivity index (χ4n) is 3.00. The SMILES string of the molecule is C=CCC[C@@H](O)CN(Cc1ccc(F)cc1)Cc1ccc(C)cc1C. The number of benzene rings is 2. The van der Waals surface area contributed by atoms with Crippen molar-refractivity contribution in [2.75, 3.05) is 6.54 Å². The van der Waals surface area contributed by atoms with Gasteiger partial charge in [-0.3, -0.25) is 4.90 Å². The molecule has 2 rings (SSSR count). The molecule has 0 radical (unpaired) electrons. The van der Waals surface area contributed by atoms with E-state index >= 15 is 0 Å². The fourth-order valence-corrected chi connectivity index (χ4v) is 3.00. The molecule has 0 spiro atoms. The summed E-state index contributed by atoms with van der Waals surface area (Å²) in [7, 11) is 0. The van der Waals surface area contributed by atoms with Crippen LogP contribution in [0.15, 0.2) is 55.1 Å². The molecule has 0 bridgehead atoms. The molecule has 0 unspecified atom stereocenters. The highest BCUT2D eigenvalue weighted by molar-refractivity contribution is 5.30. The van der Waals surface area contributed by atoms with Gasteiger partial charge < -0.3 is 5.11 Å². The number of aliphatic hydroxyl groups is 1. The predicted octanol–water partition coefficient (Wildman–Crippen LogP) is 4.77. The van der Waals surface area contributed by atoms with E-state index in [0.29, 0.717) is 19.5 Å². The average Bonchev–Trinajstić information content (AvgIpc) is 2.57. The minimum atomic E-state index is -0.399. The van der Waals surface area contributed by atoms with Crippen molar-refractivity contribution in [3.63, 3.8) is 0 Å². The lowest BCUT2D eigenvalue weighted by Crippen LogP contribution is -2.32. The van der Waals surface area contributed by atoms with E-state index in [1.807, 2.05) is 6.08 Å². The van der Waals surface area contributed by atoms with Gasteiger partial charge in [0.15, 0.2) is 0 Å². The van der Waals surface area contributed by atoms with Crippen molar-refractivity contribution in [1.82, 2.24) is 4.90 Å². The van der Waals surface area contributed by atoms with Gasteiger partial charge >= 0.3 is 0 Å². The lowest BCUT2D eigenvalue weighted by Gasteiger charge is -2.26. The molecule has 0 aliphatic carbocycles. The highest BCUT2D eigenvalue weighted by Crippen LogP contribution is 2.16. The van der Waals surface area contributed by atoms with E-state index in [4.69, 9.17) is 0 Å². The summed E-state index contributed by atoms with van der Waals surface area (Å²) in [5.41, 5.74) is 4.80. The second kappa shape index (κ2) is 9.50. The smallest absolute Gasteiger partial charge is 0.123 e. The van der Waals surface area contributed by atoms with Crippen molar-refractivity contribution in [1.29, 1.82) is 0 Å². The average molecular weight is 341 g/mol. The van der Waals surface area contributed by atoms with Gasteiger partial charge in [0.2, 0.25) is 0 Å². The van der Waals surface area contributed by atoms with E-state index in [9.17, 15) is 9.50 Å². The standard InChI is InChI=1S/C22H28FNO/c1-4-5-6-22(25)16-24(14-19-8-11-21(23)12-9-19)15-20-10-7-17(2)13-18(20)3/h4,7-13,22,25H,1,5-6,14-16H2,2-3H3/t22-/m1/s1. The third-order valence-electron chi connectivity index (χ3n) is 4.38. The maximum Gasteiger partial charge on any atom is 0.123 e. The van der Waals surface area contributed by atoms with Crippen LogP contribution in [-0.4, -0.2) is 22.7 Å². The Morgan fingerprint density at radius 1 is 1.12 bits per heavy atom. The number of aryl methyl sites for hydroxylation is 2. The number of halogens is 1. The first kappa shape index (κ1) is 19.4. The Bertz CT molecular complexity index is 681. The number of allylic oxidation sites excluding steroid dienone is 1. The van der Waals surface area contributed by atoms with Crippen molar-refractivity contribution in [2.24, 2.45) is 0 Å². The largest absolute Gasteiger partial charge is 0.392 e. The van der Waals surface area contributed by atoms with Gasteiger partial charge in [-0.1, -0.05) is 42.0 Å². The van der Waals surface area contributed by atoms with Crippen LogP contribution in [0.3, 0.4) is 0 Å². The number of hydrogen-bond donors (Lipinski definition) is 1. The van der Waals surface area contributed by atoms with Gasteiger partial charge in [0.05, 0.1) is 6.10 Å². The first-order valence-electron chi connectivity index (χ1n) is 8.80. The van der Waals surface area contributed by atoms with Gasteiger partial charge in [-0.2, -0.15) is 0 Å². The van der Waals surface area contributed by atoms with Crippen molar-refractivity contribution in [2.45, 2.75) is 45.9 Å². The Kier molecular flexibility index (Phi) is 7.35. The van der Waals surface area contributed by atoms with E-state index in [0.717, 1.165) is 18.5 Å². The predicted molar refractivity (Wildman–Crippen MR) is 102 cm³/mol. The molecule has 0 amide bonds. The number of aliphatic hydroxyl groups excluding tert-OH is 1. The topological polar surface area (TPSA) is 23.5 Å². The maximum absolute atomic E-state index is 13.1. The van der Waals surface area contributed by atoms with Crippen LogP contribution in [-0.2, 0) is 13.1 Å². The van der Waals surface area contributed by atoms with Crippen LogP contribution in [0.5, 0.6) is 0 Å². The summed E-state index contributed by atoms with van der Waals surface area (Å²) in [6.07, 6.45) is 2.94. The van der Waals surface area contributed by atoms with Crippen LogP contribution in [0.1, 0.15) is 35.1 Å². The number of rotatable bonds is 9. The molecule has 0 aromatic heterocycles. The molecular formula is C22H28FNO. The summed E-state index contributed by atoms with van der Waals surface area (Å²) in [6, 6.07) is 13.0. The summed E-state index contributed by atoms with van der Waals surface area (Å²) in [5, 5.41) is 10.3. The second-order valence-electron chi connectivity index (χ2n) is 6.75. The monoisotopic (exact) mass is 341 g/mol. The zero-order valence-electron chi connectivity index (χ0n) is 15.2. The Labute approximate surface area is 150 Å². The minimum absolute atomic E-state index is 0.226. The van der Waals surface area contributed by atoms with Crippen LogP contribution in [0, 0.1) is 19.7 Å². The fraction of sp³-hybridized carbons (Fsp3) is 0.364. The molecule has 0 aliphatic heterocycles. The molecule has 25 heavy (non-hydrogen) atoms. The maximum atomic E-state index is 13.1. The molecule has 2 nitrogen and oxygen atoms in total. The summed E-state index contributed by atoms with van der Waals surface area (Å²) in [6.45, 7) is 9.94. The van der Waals surface area contributed by atoms with Crippen LogP contribution in [0.25, 0.3) is 0 Å². The van der Waals surface area contributed by atoms with Gasteiger partial charge in [-0.15, -0.1) is 6.58 Å². The van der Waals surface area contributed by atoms with Gasteiger partial charge in [-0.25, -0.2) is 4.39 Å². The zero-order valence-corrected chi connectivity index (χ0v) is 15.2. The van der Waals surface area contributed by atoms with Crippen molar-refractivity contribution < 1.29 is 9.50 Å². The van der Waals surface area contributed by atoms with Crippen LogP contribution < -0.4 is 0 Å². The van der Waals surface area contributed by atoms with E-state index in [-0.39, 0.29) is 5.82 Å². The molecule has 1 N–H and O–H groups in total. The summed E-state index contributed by atoms with van der Waals surface area (Å²) in [5.74, 6) is -0.226. The molecule has 0 heterocycles. The lowest BCUT2D eigenvalue weighted by atomic mass is 10.0. The lowest BCUT2D eigenvalue weighted by molar-refractivity contribution is 0.0983. The van der Waals surface area contributed by atoms with Crippen LogP contribution >= 0.6 is 0 Å². The van der Waals surface area contributed by atoms with Gasteiger partial charge in [0, 0.05) is 19.6 Å². The molecule has 3 heteroatoms. The van der Waals surface area contributed by atoms with Gasteiger partial charge in [-0.05, 0) is 55.5 Å². The van der Waals surface area contributed by atoms with Crippen LogP contribution in [0.2, 0.25) is 0 Å². The Morgan fingerprint density at radius 2 is 1.84 bits per heavy atom. The number of hydrogen-bond acceptors (Lipinski definition) is 2. The quantitative estimate of drug-likeness (QED) is 0.664. The number of nitrogens with zero attached hydrogens (tertiary/aromatic N) is 1. The summed E-state index contributed by atoms with van der Waals surface area (Å²) >= 11 is 0. The van der Waals surface area contributed by atoms with Crippen molar-refractivity contribution in [3.8, 4) is 0 Å². The third-order valence-corrected chi connectivity index (χ3v) is 4.38. The minimum Gasteiger partial charge on any atom is -0.392 e. The molecule has 134 valence electrons. The van der Waals surface area contributed by atoms with Crippen molar-refractivity contribution in [3.05, 3.63) is 83.2 Å². The second-order valence-corrected chi connectivity index (χ2v) is 6.75. The third kappa shape index (κ3) is 6.45. The molecule has 0 fully saturated rings. The molecule has 0 saturated carbocycles. The highest BCUT2D eigenvalue weighted by atomic mass is 19.1.